The molecule has 0 bridgehead atoms. The Labute approximate surface area is 147 Å². The first-order chi connectivity index (χ1) is 12.7. The quantitative estimate of drug-likeness (QED) is 0.724. The van der Waals surface area contributed by atoms with E-state index in [9.17, 15) is 4.79 Å². The lowest BCUT2D eigenvalue weighted by atomic mass is 10.2. The number of fused-ring (bicyclic) bond motifs is 1. The number of carbonyl (C=O) groups is 1. The van der Waals surface area contributed by atoms with Crippen molar-refractivity contribution in [3.8, 4) is 5.75 Å². The number of anilines is 1. The first-order valence-corrected chi connectivity index (χ1v) is 7.19. The zero-order valence-corrected chi connectivity index (χ0v) is 13.4. The molecule has 0 aliphatic heterocycles. The van der Waals surface area contributed by atoms with Crippen LogP contribution in [0.3, 0.4) is 0 Å². The van der Waals surface area contributed by atoms with Crippen LogP contribution in [0.2, 0.25) is 5.28 Å². The summed E-state index contributed by atoms with van der Waals surface area (Å²) >= 11 is 5.95. The van der Waals surface area contributed by atoms with Crippen molar-refractivity contribution in [2.75, 3.05) is 19.0 Å². The third kappa shape index (κ3) is 2.95. The highest BCUT2D eigenvalue weighted by Crippen LogP contribution is 2.25. The molecule has 24 heavy (non-hydrogen) atoms. The van der Waals surface area contributed by atoms with Gasteiger partial charge >= 0.3 is 6.03 Å². The Hall–Kier alpha value is -2.87. The molecular formula is C15H15ClN6O2. The van der Waals surface area contributed by atoms with Gasteiger partial charge in [-0.15, -0.1) is 0 Å². The first-order valence-electron chi connectivity index (χ1n) is 8.31. The molecule has 0 aliphatic rings. The summed E-state index contributed by atoms with van der Waals surface area (Å²) in [5.41, 5.74) is 6.11. The number of ether oxygens (including phenoxy) is 1. The van der Waals surface area contributed by atoms with Crippen LogP contribution in [0.5, 0.6) is 5.75 Å². The lowest BCUT2D eigenvalue weighted by Crippen LogP contribution is -2.20. The van der Waals surface area contributed by atoms with E-state index in [2.05, 4.69) is 15.0 Å². The van der Waals surface area contributed by atoms with Gasteiger partial charge in [-0.25, -0.2) is 14.3 Å². The molecule has 3 rings (SSSR count). The number of carbonyl (C=O) groups excluding carboxylic acids is 1. The van der Waals surface area contributed by atoms with Gasteiger partial charge in [0.25, 0.3) is 0 Å². The molecule has 0 saturated heterocycles. The fourth-order valence-corrected chi connectivity index (χ4v) is 2.36. The van der Waals surface area contributed by atoms with E-state index in [-0.39, 0.29) is 28.8 Å². The minimum absolute atomic E-state index is 0.00757. The van der Waals surface area contributed by atoms with E-state index in [4.69, 9.17) is 26.2 Å². The summed E-state index contributed by atoms with van der Waals surface area (Å²) in [5.74, 6) is 0.618. The van der Waals surface area contributed by atoms with Gasteiger partial charge in [-0.3, -0.25) is 0 Å². The second-order valence-electron chi connectivity index (χ2n) is 4.88. The summed E-state index contributed by atoms with van der Waals surface area (Å²) in [6.07, 6.45) is 1.15. The predicted molar refractivity (Wildman–Crippen MR) is 90.4 cm³/mol. The Morgan fingerprint density at radius 3 is 2.79 bits per heavy atom. The summed E-state index contributed by atoms with van der Waals surface area (Å²) < 4.78 is 29.8. The molecule has 0 spiro atoms. The summed E-state index contributed by atoms with van der Waals surface area (Å²) in [6.45, 7) is -2.56. The van der Waals surface area contributed by atoms with Gasteiger partial charge < -0.3 is 15.4 Å². The molecule has 0 atom stereocenters. The van der Waals surface area contributed by atoms with Crippen LogP contribution in [0.25, 0.3) is 11.2 Å². The molecule has 8 nitrogen and oxygen atoms in total. The maximum Gasteiger partial charge on any atom is 0.325 e. The number of aromatic nitrogens is 4. The van der Waals surface area contributed by atoms with Crippen LogP contribution in [0.1, 0.15) is 9.68 Å². The molecule has 1 aromatic carbocycles. The molecular weight excluding hydrogens is 332 g/mol. The topological polar surface area (TPSA) is 99.2 Å². The van der Waals surface area contributed by atoms with Crippen molar-refractivity contribution in [1.29, 1.82) is 0 Å². The molecule has 2 heterocycles. The number of hydrogen-bond acceptors (Lipinski definition) is 6. The average Bonchev–Trinajstić information content (AvgIpc) is 3.02. The fourth-order valence-electron chi connectivity index (χ4n) is 2.20. The molecule has 3 aromatic rings. The average molecular weight is 350 g/mol. The van der Waals surface area contributed by atoms with Gasteiger partial charge in [0.2, 0.25) is 5.28 Å². The molecule has 2 aromatic heterocycles. The number of rotatable bonds is 4. The second-order valence-corrected chi connectivity index (χ2v) is 5.21. The van der Waals surface area contributed by atoms with E-state index in [1.807, 2.05) is 0 Å². The summed E-state index contributed by atoms with van der Waals surface area (Å²) in [5, 5.41) is -0.232. The number of methoxy groups -OCH3 is 1. The maximum atomic E-state index is 11.5. The van der Waals surface area contributed by atoms with E-state index in [0.29, 0.717) is 11.3 Å². The van der Waals surface area contributed by atoms with Crippen LogP contribution >= 0.6 is 11.6 Å². The molecule has 0 unspecified atom stereocenters. The van der Waals surface area contributed by atoms with Crippen molar-refractivity contribution in [3.05, 3.63) is 41.4 Å². The van der Waals surface area contributed by atoms with E-state index in [1.165, 1.54) is 0 Å². The van der Waals surface area contributed by atoms with Crippen molar-refractivity contribution in [2.45, 2.75) is 6.54 Å². The molecule has 0 radical (unpaired) electrons. The number of nitrogens with zero attached hydrogens (tertiary/aromatic N) is 5. The molecule has 1 amide bonds. The Morgan fingerprint density at radius 1 is 1.42 bits per heavy atom. The highest BCUT2D eigenvalue weighted by atomic mass is 35.5. The van der Waals surface area contributed by atoms with Gasteiger partial charge in [0.05, 0.1) is 7.11 Å². The number of hydrogen-bond donors (Lipinski definition) is 1. The van der Waals surface area contributed by atoms with Gasteiger partial charge in [-0.1, -0.05) is 12.1 Å². The zero-order valence-electron chi connectivity index (χ0n) is 15.6. The third-order valence-corrected chi connectivity index (χ3v) is 3.51. The van der Waals surface area contributed by atoms with Crippen molar-refractivity contribution in [2.24, 2.45) is 5.73 Å². The van der Waals surface area contributed by atoms with Crippen LogP contribution in [-0.4, -0.2) is 39.6 Å². The smallest absolute Gasteiger partial charge is 0.325 e. The number of primary amides is 1. The first kappa shape index (κ1) is 12.5. The molecule has 124 valence electrons. The third-order valence-electron chi connectivity index (χ3n) is 3.34. The SMILES string of the molecule is [2H]C([2H])([2H])N(Cc1ccc(OC)cc1)c1nc(Cl)nc2c1ncn2C(N)=O. The van der Waals surface area contributed by atoms with Crippen molar-refractivity contribution in [3.63, 3.8) is 0 Å². The summed E-state index contributed by atoms with van der Waals surface area (Å²) in [7, 11) is 1.54. The predicted octanol–water partition coefficient (Wildman–Crippen LogP) is 2.05. The van der Waals surface area contributed by atoms with Gasteiger partial charge in [0.15, 0.2) is 17.0 Å². The lowest BCUT2D eigenvalue weighted by Gasteiger charge is -2.18. The normalized spacial score (nSPS) is 13.2. The van der Waals surface area contributed by atoms with Gasteiger partial charge in [-0.05, 0) is 29.3 Å². The Kier molecular flexibility index (Phi) is 3.30. The van der Waals surface area contributed by atoms with E-state index in [1.54, 1.807) is 31.4 Å². The number of benzene rings is 1. The molecule has 9 heteroatoms. The van der Waals surface area contributed by atoms with Crippen molar-refractivity contribution >= 4 is 34.6 Å². The molecule has 2 N–H and O–H groups in total. The number of imidazole rings is 1. The Balaban J connectivity index is 2.11. The van der Waals surface area contributed by atoms with E-state index in [0.717, 1.165) is 15.8 Å². The Morgan fingerprint density at radius 2 is 2.17 bits per heavy atom. The van der Waals surface area contributed by atoms with Gasteiger partial charge in [0.1, 0.15) is 12.1 Å². The molecule has 0 fully saturated rings. The van der Waals surface area contributed by atoms with Crippen LogP contribution in [-0.2, 0) is 6.54 Å². The number of amides is 1. The minimum Gasteiger partial charge on any atom is -0.497 e. The lowest BCUT2D eigenvalue weighted by molar-refractivity contribution is 0.251. The van der Waals surface area contributed by atoms with Crippen LogP contribution < -0.4 is 15.4 Å². The van der Waals surface area contributed by atoms with Crippen molar-refractivity contribution in [1.82, 2.24) is 19.5 Å². The highest BCUT2D eigenvalue weighted by Gasteiger charge is 2.17. The van der Waals surface area contributed by atoms with Crippen molar-refractivity contribution < 1.29 is 13.6 Å². The van der Waals surface area contributed by atoms with Gasteiger partial charge in [0, 0.05) is 17.6 Å². The Bertz CT molecular complexity index is 990. The monoisotopic (exact) mass is 349 g/mol. The minimum atomic E-state index is -2.55. The molecule has 0 saturated carbocycles. The maximum absolute atomic E-state index is 11.5. The highest BCUT2D eigenvalue weighted by molar-refractivity contribution is 6.28. The standard InChI is InChI=1S/C15H15ClN6O2/c1-21(7-9-3-5-10(24-2)6-4-9)12-11-13(20-14(16)19-12)22(8-18-11)15(17)23/h3-6,8H,7H2,1-2H3,(H2,17,23)/i1D3. The zero-order chi connectivity index (χ0) is 19.8. The number of nitrogens with two attached hydrogens (primary N) is 1. The van der Waals surface area contributed by atoms with Gasteiger partial charge in [-0.2, -0.15) is 9.97 Å². The van der Waals surface area contributed by atoms with E-state index < -0.39 is 13.0 Å². The summed E-state index contributed by atoms with van der Waals surface area (Å²) in [6, 6.07) is 6.09. The van der Waals surface area contributed by atoms with Crippen LogP contribution in [0.4, 0.5) is 10.6 Å². The summed E-state index contributed by atoms with van der Waals surface area (Å²) in [4.78, 5) is 24.6. The molecule has 0 aliphatic carbocycles. The number of halogens is 1. The van der Waals surface area contributed by atoms with E-state index >= 15 is 0 Å². The second kappa shape index (κ2) is 6.32. The largest absolute Gasteiger partial charge is 0.497 e. The fraction of sp³-hybridized carbons (Fsp3) is 0.200. The van der Waals surface area contributed by atoms with Crippen LogP contribution in [0, 0.1) is 0 Å². The van der Waals surface area contributed by atoms with Crippen LogP contribution in [0.15, 0.2) is 30.6 Å².